The van der Waals surface area contributed by atoms with E-state index in [1.807, 2.05) is 30.3 Å². The van der Waals surface area contributed by atoms with Crippen LogP contribution in [0.1, 0.15) is 61.0 Å². The van der Waals surface area contributed by atoms with E-state index in [1.54, 1.807) is 19.9 Å². The van der Waals surface area contributed by atoms with Gasteiger partial charge in [0.2, 0.25) is 5.91 Å². The second kappa shape index (κ2) is 8.52. The molecule has 1 spiro atoms. The molecule has 7 heteroatoms. The zero-order valence-electron chi connectivity index (χ0n) is 18.4. The van der Waals surface area contributed by atoms with Crippen LogP contribution in [0.5, 0.6) is 0 Å². The SMILES string of the molecule is Cc1cc([C@@H](C)OC[C@@]2(c3ccccc3)CC[C@]3(CCC(=O)N3)CN2)cc(C(F)(F)F)c1. The molecule has 0 aliphatic carbocycles. The minimum atomic E-state index is -4.39. The van der Waals surface area contributed by atoms with E-state index < -0.39 is 23.4 Å². The molecule has 0 radical (unpaired) electrons. The van der Waals surface area contributed by atoms with E-state index in [1.165, 1.54) is 6.07 Å². The van der Waals surface area contributed by atoms with Gasteiger partial charge in [0, 0.05) is 13.0 Å². The first-order chi connectivity index (χ1) is 15.1. The number of hydrogen-bond donors (Lipinski definition) is 2. The maximum absolute atomic E-state index is 13.3. The zero-order chi connectivity index (χ0) is 23.0. The van der Waals surface area contributed by atoms with Crippen molar-refractivity contribution in [2.75, 3.05) is 13.2 Å². The monoisotopic (exact) mass is 446 g/mol. The lowest BCUT2D eigenvalue weighted by molar-refractivity contribution is -0.137. The number of benzene rings is 2. The van der Waals surface area contributed by atoms with Crippen LogP contribution in [-0.4, -0.2) is 24.6 Å². The predicted molar refractivity (Wildman–Crippen MR) is 116 cm³/mol. The zero-order valence-corrected chi connectivity index (χ0v) is 18.4. The Kier molecular flexibility index (Phi) is 6.07. The van der Waals surface area contributed by atoms with Crippen molar-refractivity contribution in [1.29, 1.82) is 0 Å². The number of rotatable bonds is 5. The van der Waals surface area contributed by atoms with Crippen molar-refractivity contribution in [3.05, 3.63) is 70.8 Å². The highest BCUT2D eigenvalue weighted by molar-refractivity contribution is 5.79. The van der Waals surface area contributed by atoms with Crippen molar-refractivity contribution < 1.29 is 22.7 Å². The Morgan fingerprint density at radius 2 is 1.84 bits per heavy atom. The average molecular weight is 447 g/mol. The van der Waals surface area contributed by atoms with Crippen molar-refractivity contribution in [2.45, 2.75) is 62.9 Å². The Bertz CT molecular complexity index is 967. The quantitative estimate of drug-likeness (QED) is 0.678. The number of amides is 1. The van der Waals surface area contributed by atoms with Gasteiger partial charge in [0.25, 0.3) is 0 Å². The number of ether oxygens (including phenoxy) is 1. The highest BCUT2D eigenvalue weighted by atomic mass is 19.4. The third-order valence-corrected chi connectivity index (χ3v) is 6.83. The molecule has 0 bridgehead atoms. The Labute approximate surface area is 186 Å². The van der Waals surface area contributed by atoms with Gasteiger partial charge in [-0.25, -0.2) is 0 Å². The van der Waals surface area contributed by atoms with Crippen molar-refractivity contribution in [3.63, 3.8) is 0 Å². The fourth-order valence-corrected chi connectivity index (χ4v) is 4.85. The Morgan fingerprint density at radius 1 is 1.09 bits per heavy atom. The van der Waals surface area contributed by atoms with Gasteiger partial charge in [-0.05, 0) is 56.4 Å². The summed E-state index contributed by atoms with van der Waals surface area (Å²) in [5.41, 5.74) is 0.792. The van der Waals surface area contributed by atoms with Crippen LogP contribution >= 0.6 is 0 Å². The standard InChI is InChI=1S/C25H29F3N2O2/c1-17-12-19(14-21(13-17)25(26,27)28)18(2)32-16-24(20-6-4-3-5-7-20)11-10-23(15-29-24)9-8-22(31)30-23/h3-7,12-14,18,29H,8-11,15-16H2,1-2H3,(H,30,31)/t18-,23-,24-/m1/s1. The summed E-state index contributed by atoms with van der Waals surface area (Å²) in [6.07, 6.45) is -1.96. The van der Waals surface area contributed by atoms with Gasteiger partial charge in [0.1, 0.15) is 0 Å². The van der Waals surface area contributed by atoms with Gasteiger partial charge in [-0.3, -0.25) is 4.79 Å². The smallest absolute Gasteiger partial charge is 0.372 e. The summed E-state index contributed by atoms with van der Waals surface area (Å²) in [5, 5.41) is 6.76. The summed E-state index contributed by atoms with van der Waals surface area (Å²) >= 11 is 0. The summed E-state index contributed by atoms with van der Waals surface area (Å²) in [6, 6.07) is 14.0. The summed E-state index contributed by atoms with van der Waals surface area (Å²) in [6.45, 7) is 4.40. The Morgan fingerprint density at radius 3 is 2.44 bits per heavy atom. The molecule has 2 saturated heterocycles. The van der Waals surface area contributed by atoms with Gasteiger partial charge < -0.3 is 15.4 Å². The third kappa shape index (κ3) is 4.69. The van der Waals surface area contributed by atoms with Crippen LogP contribution in [0.3, 0.4) is 0 Å². The molecule has 2 aromatic carbocycles. The molecule has 4 rings (SSSR count). The molecular formula is C25H29F3N2O2. The van der Waals surface area contributed by atoms with Crippen LogP contribution in [0.4, 0.5) is 13.2 Å². The number of alkyl halides is 3. The highest BCUT2D eigenvalue weighted by Gasteiger charge is 2.46. The van der Waals surface area contributed by atoms with Crippen LogP contribution in [0.15, 0.2) is 48.5 Å². The molecular weight excluding hydrogens is 417 g/mol. The van der Waals surface area contributed by atoms with E-state index in [4.69, 9.17) is 4.74 Å². The first-order valence-corrected chi connectivity index (χ1v) is 11.0. The summed E-state index contributed by atoms with van der Waals surface area (Å²) < 4.78 is 46.0. The highest BCUT2D eigenvalue weighted by Crippen LogP contribution is 2.39. The van der Waals surface area contributed by atoms with E-state index in [-0.39, 0.29) is 11.4 Å². The molecule has 2 N–H and O–H groups in total. The van der Waals surface area contributed by atoms with Crippen LogP contribution in [-0.2, 0) is 21.2 Å². The minimum Gasteiger partial charge on any atom is -0.372 e. The minimum absolute atomic E-state index is 0.0869. The number of nitrogens with one attached hydrogen (secondary N) is 2. The number of carbonyl (C=O) groups is 1. The van der Waals surface area contributed by atoms with Gasteiger partial charge in [-0.2, -0.15) is 13.2 Å². The van der Waals surface area contributed by atoms with Crippen molar-refractivity contribution in [2.24, 2.45) is 0 Å². The predicted octanol–water partition coefficient (Wildman–Crippen LogP) is 5.02. The molecule has 2 fully saturated rings. The van der Waals surface area contributed by atoms with Gasteiger partial charge in [0.05, 0.1) is 29.4 Å². The van der Waals surface area contributed by atoms with Crippen LogP contribution in [0, 0.1) is 6.92 Å². The van der Waals surface area contributed by atoms with E-state index in [2.05, 4.69) is 10.6 Å². The van der Waals surface area contributed by atoms with E-state index in [9.17, 15) is 18.0 Å². The van der Waals surface area contributed by atoms with Crippen LogP contribution in [0.2, 0.25) is 0 Å². The molecule has 0 aromatic heterocycles. The molecule has 3 atom stereocenters. The lowest BCUT2D eigenvalue weighted by atomic mass is 9.76. The van der Waals surface area contributed by atoms with Crippen LogP contribution < -0.4 is 10.6 Å². The van der Waals surface area contributed by atoms with E-state index in [0.29, 0.717) is 30.7 Å². The average Bonchev–Trinajstić information content (AvgIpc) is 3.13. The van der Waals surface area contributed by atoms with Gasteiger partial charge >= 0.3 is 6.18 Å². The molecule has 2 aliphatic rings. The topological polar surface area (TPSA) is 50.4 Å². The van der Waals surface area contributed by atoms with Crippen molar-refractivity contribution in [3.8, 4) is 0 Å². The number of hydrogen-bond acceptors (Lipinski definition) is 3. The fourth-order valence-electron chi connectivity index (χ4n) is 4.85. The molecule has 2 aromatic rings. The first-order valence-electron chi connectivity index (χ1n) is 11.0. The van der Waals surface area contributed by atoms with Gasteiger partial charge in [-0.1, -0.05) is 42.0 Å². The lowest BCUT2D eigenvalue weighted by Gasteiger charge is -2.46. The molecule has 1 amide bonds. The normalized spacial score (nSPS) is 26.8. The Balaban J connectivity index is 1.53. The molecule has 172 valence electrons. The van der Waals surface area contributed by atoms with Crippen molar-refractivity contribution >= 4 is 5.91 Å². The molecule has 2 heterocycles. The number of aryl methyl sites for hydroxylation is 1. The molecule has 32 heavy (non-hydrogen) atoms. The van der Waals surface area contributed by atoms with Gasteiger partial charge in [0.15, 0.2) is 0 Å². The van der Waals surface area contributed by atoms with Gasteiger partial charge in [-0.15, -0.1) is 0 Å². The molecule has 2 aliphatic heterocycles. The molecule has 0 saturated carbocycles. The molecule has 4 nitrogen and oxygen atoms in total. The number of halogens is 3. The Hall–Kier alpha value is -2.38. The number of piperidine rings is 1. The van der Waals surface area contributed by atoms with E-state index >= 15 is 0 Å². The maximum atomic E-state index is 13.3. The van der Waals surface area contributed by atoms with Crippen molar-refractivity contribution in [1.82, 2.24) is 10.6 Å². The second-order valence-corrected chi connectivity index (χ2v) is 9.21. The summed E-state index contributed by atoms with van der Waals surface area (Å²) in [4.78, 5) is 11.8. The third-order valence-electron chi connectivity index (χ3n) is 6.83. The lowest BCUT2D eigenvalue weighted by Crippen LogP contribution is -2.61. The van der Waals surface area contributed by atoms with Crippen LogP contribution in [0.25, 0.3) is 0 Å². The molecule has 0 unspecified atom stereocenters. The fraction of sp³-hybridized carbons (Fsp3) is 0.480. The van der Waals surface area contributed by atoms with E-state index in [0.717, 1.165) is 30.9 Å². The summed E-state index contributed by atoms with van der Waals surface area (Å²) in [5.74, 6) is 0.0869. The first kappa shape index (κ1) is 22.8. The summed E-state index contributed by atoms with van der Waals surface area (Å²) in [7, 11) is 0. The second-order valence-electron chi connectivity index (χ2n) is 9.21. The largest absolute Gasteiger partial charge is 0.416 e. The maximum Gasteiger partial charge on any atom is 0.416 e. The number of carbonyl (C=O) groups excluding carboxylic acids is 1.